The minimum absolute atomic E-state index is 0.0114. The van der Waals surface area contributed by atoms with Crippen LogP contribution in [0, 0.1) is 0 Å². The van der Waals surface area contributed by atoms with Crippen molar-refractivity contribution >= 4 is 11.8 Å². The Balaban J connectivity index is 2.72. The lowest BCUT2D eigenvalue weighted by Gasteiger charge is -2.08. The number of hydrogen-bond donors (Lipinski definition) is 1. The van der Waals surface area contributed by atoms with E-state index in [2.05, 4.69) is 0 Å². The maximum Gasteiger partial charge on any atom is 0.446 e. The smallest absolute Gasteiger partial charge is 0.386 e. The van der Waals surface area contributed by atoms with Crippen molar-refractivity contribution in [1.82, 2.24) is 0 Å². The van der Waals surface area contributed by atoms with Gasteiger partial charge in [0.2, 0.25) is 0 Å². The maximum atomic E-state index is 12.0. The molecule has 84 valence electrons. The average Bonchev–Trinajstić information content (AvgIpc) is 2.15. The molecule has 0 saturated heterocycles. The van der Waals surface area contributed by atoms with E-state index in [0.29, 0.717) is 0 Å². The molecule has 0 aliphatic heterocycles. The summed E-state index contributed by atoms with van der Waals surface area (Å²) in [5.74, 6) is 0. The molecule has 0 bridgehead atoms. The third-order valence-electron chi connectivity index (χ3n) is 1.64. The molecule has 1 atom stereocenters. The minimum Gasteiger partial charge on any atom is -0.386 e. The Kier molecular flexibility index (Phi) is 3.98. The van der Waals surface area contributed by atoms with E-state index in [1.54, 1.807) is 0 Å². The summed E-state index contributed by atoms with van der Waals surface area (Å²) in [5.41, 5.74) is -4.07. The highest BCUT2D eigenvalue weighted by Crippen LogP contribution is 2.36. The molecule has 1 N–H and O–H groups in total. The Morgan fingerprint density at radius 1 is 1.20 bits per heavy atom. The summed E-state index contributed by atoms with van der Waals surface area (Å²) in [7, 11) is 0. The molecule has 1 unspecified atom stereocenters. The van der Waals surface area contributed by atoms with Crippen LogP contribution in [0.3, 0.4) is 0 Å². The average molecular weight is 240 g/mol. The van der Waals surface area contributed by atoms with Crippen LogP contribution >= 0.6 is 11.8 Å². The second-order valence-corrected chi connectivity index (χ2v) is 3.93. The SMILES string of the molecule is OC(CF)c1ccc(SC(F)(F)F)cc1. The van der Waals surface area contributed by atoms with Crippen LogP contribution in [0.4, 0.5) is 17.6 Å². The molecule has 0 amide bonds. The van der Waals surface area contributed by atoms with Gasteiger partial charge in [-0.2, -0.15) is 13.2 Å². The van der Waals surface area contributed by atoms with Crippen molar-refractivity contribution in [2.45, 2.75) is 16.5 Å². The number of alkyl halides is 4. The third kappa shape index (κ3) is 4.09. The molecular formula is C9H8F4OS. The van der Waals surface area contributed by atoms with Gasteiger partial charge in [-0.05, 0) is 29.5 Å². The molecule has 0 aromatic heterocycles. The van der Waals surface area contributed by atoms with Gasteiger partial charge >= 0.3 is 5.51 Å². The van der Waals surface area contributed by atoms with Crippen molar-refractivity contribution < 1.29 is 22.7 Å². The molecular weight excluding hydrogens is 232 g/mol. The Morgan fingerprint density at radius 2 is 1.73 bits per heavy atom. The normalized spacial score (nSPS) is 13.9. The molecule has 0 spiro atoms. The van der Waals surface area contributed by atoms with E-state index in [0.717, 1.165) is 0 Å². The van der Waals surface area contributed by atoms with Gasteiger partial charge in [0.25, 0.3) is 0 Å². The third-order valence-corrected chi connectivity index (χ3v) is 2.38. The van der Waals surface area contributed by atoms with E-state index in [1.165, 1.54) is 24.3 Å². The molecule has 1 aromatic rings. The van der Waals surface area contributed by atoms with Crippen LogP contribution in [0.1, 0.15) is 11.7 Å². The van der Waals surface area contributed by atoms with Gasteiger partial charge in [-0.15, -0.1) is 0 Å². The van der Waals surface area contributed by atoms with Crippen molar-refractivity contribution in [1.29, 1.82) is 0 Å². The number of benzene rings is 1. The topological polar surface area (TPSA) is 20.2 Å². The van der Waals surface area contributed by atoms with Crippen LogP contribution in [0.5, 0.6) is 0 Å². The summed E-state index contributed by atoms with van der Waals surface area (Å²) >= 11 is -0.247. The second-order valence-electron chi connectivity index (χ2n) is 2.79. The summed E-state index contributed by atoms with van der Waals surface area (Å²) in [4.78, 5) is 0.0114. The Morgan fingerprint density at radius 3 is 2.13 bits per heavy atom. The van der Waals surface area contributed by atoms with E-state index in [-0.39, 0.29) is 22.2 Å². The van der Waals surface area contributed by atoms with Crippen LogP contribution in [0.25, 0.3) is 0 Å². The van der Waals surface area contributed by atoms with Gasteiger partial charge in [0.1, 0.15) is 12.8 Å². The van der Waals surface area contributed by atoms with Gasteiger partial charge in [0, 0.05) is 4.90 Å². The monoisotopic (exact) mass is 240 g/mol. The van der Waals surface area contributed by atoms with E-state index in [4.69, 9.17) is 5.11 Å². The number of rotatable bonds is 3. The van der Waals surface area contributed by atoms with E-state index in [9.17, 15) is 17.6 Å². The number of aliphatic hydroxyl groups excluding tert-OH is 1. The van der Waals surface area contributed by atoms with Crippen LogP contribution in [-0.4, -0.2) is 17.3 Å². The molecule has 1 rings (SSSR count). The van der Waals surface area contributed by atoms with Gasteiger partial charge in [0.15, 0.2) is 0 Å². The summed E-state index contributed by atoms with van der Waals surface area (Å²) in [5, 5.41) is 9.05. The highest BCUT2D eigenvalue weighted by Gasteiger charge is 2.29. The largest absolute Gasteiger partial charge is 0.446 e. The molecule has 0 fully saturated rings. The quantitative estimate of drug-likeness (QED) is 0.646. The van der Waals surface area contributed by atoms with Crippen molar-refractivity contribution in [3.05, 3.63) is 29.8 Å². The Labute approximate surface area is 88.1 Å². The van der Waals surface area contributed by atoms with Crippen molar-refractivity contribution in [3.63, 3.8) is 0 Å². The molecule has 0 heterocycles. The lowest BCUT2D eigenvalue weighted by Crippen LogP contribution is -2.01. The van der Waals surface area contributed by atoms with Crippen LogP contribution in [-0.2, 0) is 0 Å². The van der Waals surface area contributed by atoms with Gasteiger partial charge in [-0.3, -0.25) is 0 Å². The van der Waals surface area contributed by atoms with Crippen molar-refractivity contribution in [3.8, 4) is 0 Å². The fraction of sp³-hybridized carbons (Fsp3) is 0.333. The zero-order chi connectivity index (χ0) is 11.5. The number of aliphatic hydroxyl groups is 1. The molecule has 0 aliphatic carbocycles. The minimum atomic E-state index is -4.33. The highest BCUT2D eigenvalue weighted by atomic mass is 32.2. The van der Waals surface area contributed by atoms with Crippen molar-refractivity contribution in [2.24, 2.45) is 0 Å². The van der Waals surface area contributed by atoms with Gasteiger partial charge in [-0.25, -0.2) is 4.39 Å². The highest BCUT2D eigenvalue weighted by molar-refractivity contribution is 8.00. The number of thioether (sulfide) groups is 1. The zero-order valence-corrected chi connectivity index (χ0v) is 8.28. The summed E-state index contributed by atoms with van der Waals surface area (Å²) in [6.45, 7) is -0.953. The van der Waals surface area contributed by atoms with Crippen molar-refractivity contribution in [2.75, 3.05) is 6.67 Å². The summed E-state index contributed by atoms with van der Waals surface area (Å²) < 4.78 is 47.8. The van der Waals surface area contributed by atoms with Gasteiger partial charge in [-0.1, -0.05) is 12.1 Å². The lowest BCUT2D eigenvalue weighted by molar-refractivity contribution is -0.0328. The fourth-order valence-corrected chi connectivity index (χ4v) is 1.52. The number of halogens is 4. The fourth-order valence-electron chi connectivity index (χ4n) is 0.981. The summed E-state index contributed by atoms with van der Waals surface area (Å²) in [6, 6.07) is 4.95. The number of hydrogen-bond acceptors (Lipinski definition) is 2. The second kappa shape index (κ2) is 4.85. The maximum absolute atomic E-state index is 12.0. The first-order valence-corrected chi connectivity index (χ1v) is 4.84. The van der Waals surface area contributed by atoms with E-state index < -0.39 is 18.3 Å². The zero-order valence-electron chi connectivity index (χ0n) is 7.46. The van der Waals surface area contributed by atoms with Crippen LogP contribution in [0.2, 0.25) is 0 Å². The molecule has 0 saturated carbocycles. The first kappa shape index (κ1) is 12.3. The molecule has 0 aliphatic rings. The molecule has 0 radical (unpaired) electrons. The van der Waals surface area contributed by atoms with Gasteiger partial charge < -0.3 is 5.11 Å². The van der Waals surface area contributed by atoms with E-state index >= 15 is 0 Å². The molecule has 1 nitrogen and oxygen atoms in total. The first-order valence-electron chi connectivity index (χ1n) is 4.02. The van der Waals surface area contributed by atoms with Gasteiger partial charge in [0.05, 0.1) is 0 Å². The Bertz CT molecular complexity index is 309. The standard InChI is InChI=1S/C9H8F4OS/c10-5-8(14)6-1-3-7(4-2-6)15-9(11,12)13/h1-4,8,14H,5H2. The van der Waals surface area contributed by atoms with Crippen LogP contribution < -0.4 is 0 Å². The van der Waals surface area contributed by atoms with Crippen LogP contribution in [0.15, 0.2) is 29.2 Å². The predicted octanol–water partition coefficient (Wildman–Crippen LogP) is 3.30. The predicted molar refractivity (Wildman–Crippen MR) is 49.3 cm³/mol. The molecule has 15 heavy (non-hydrogen) atoms. The molecule has 1 aromatic carbocycles. The molecule has 6 heteroatoms. The summed E-state index contributed by atoms with van der Waals surface area (Å²) in [6.07, 6.45) is -1.27. The Hall–Kier alpha value is -0.750. The van der Waals surface area contributed by atoms with E-state index in [1.807, 2.05) is 0 Å². The first-order chi connectivity index (χ1) is 6.92. The lowest BCUT2D eigenvalue weighted by atomic mass is 10.1.